The molecule has 0 unspecified atom stereocenters. The molecule has 0 bridgehead atoms. The Morgan fingerprint density at radius 2 is 1.89 bits per heavy atom. The Labute approximate surface area is 217 Å². The molecule has 36 heavy (non-hydrogen) atoms. The van der Waals surface area contributed by atoms with Gasteiger partial charge in [-0.3, -0.25) is 10.1 Å². The van der Waals surface area contributed by atoms with Crippen molar-refractivity contribution in [2.75, 3.05) is 44.8 Å². The molecule has 2 heterocycles. The van der Waals surface area contributed by atoms with Crippen LogP contribution in [0.3, 0.4) is 0 Å². The van der Waals surface area contributed by atoms with Crippen LogP contribution in [0.25, 0.3) is 11.3 Å². The molecule has 190 valence electrons. The maximum atomic E-state index is 13.9. The molecule has 0 saturated carbocycles. The first-order valence-corrected chi connectivity index (χ1v) is 13.3. The van der Waals surface area contributed by atoms with Gasteiger partial charge in [0.25, 0.3) is 15.7 Å². The molecule has 1 aliphatic heterocycles. The minimum Gasteiger partial charge on any atom is -0.493 e. The van der Waals surface area contributed by atoms with Gasteiger partial charge in [-0.25, -0.2) is 13.4 Å². The van der Waals surface area contributed by atoms with Gasteiger partial charge in [0.15, 0.2) is 16.6 Å². The lowest BCUT2D eigenvalue weighted by Crippen LogP contribution is -2.50. The molecular weight excluding hydrogens is 528 g/mol. The number of morpholine rings is 1. The fraction of sp³-hybridized carbons (Fsp3) is 0.273. The van der Waals surface area contributed by atoms with Crippen molar-refractivity contribution in [3.8, 4) is 22.8 Å². The first-order valence-electron chi connectivity index (χ1n) is 10.6. The maximum absolute atomic E-state index is 13.9. The van der Waals surface area contributed by atoms with Crippen LogP contribution in [0.4, 0.5) is 10.8 Å². The van der Waals surface area contributed by atoms with Crippen LogP contribution in [-0.2, 0) is 14.8 Å². The molecule has 11 nitrogen and oxygen atoms in total. The van der Waals surface area contributed by atoms with Crippen molar-refractivity contribution in [2.24, 2.45) is 0 Å². The lowest BCUT2D eigenvalue weighted by Gasteiger charge is -2.33. The van der Waals surface area contributed by atoms with Crippen molar-refractivity contribution in [2.45, 2.75) is 4.90 Å². The summed E-state index contributed by atoms with van der Waals surface area (Å²) in [5.41, 5.74) is 0.768. The van der Waals surface area contributed by atoms with Crippen molar-refractivity contribution in [1.29, 1.82) is 0 Å². The van der Waals surface area contributed by atoms with Crippen molar-refractivity contribution in [1.82, 2.24) is 9.88 Å². The Morgan fingerprint density at radius 1 is 1.17 bits per heavy atom. The van der Waals surface area contributed by atoms with Gasteiger partial charge >= 0.3 is 0 Å². The molecule has 0 atom stereocenters. The molecular formula is C22H22N4O7S3. The second kappa shape index (κ2) is 10.7. The number of thiazole rings is 1. The number of methoxy groups -OCH3 is 2. The number of rotatable bonds is 7. The largest absolute Gasteiger partial charge is 0.493 e. The number of ether oxygens (including phenoxy) is 3. The van der Waals surface area contributed by atoms with E-state index in [4.69, 9.17) is 26.4 Å². The summed E-state index contributed by atoms with van der Waals surface area (Å²) in [4.78, 5) is 16.9. The van der Waals surface area contributed by atoms with Gasteiger partial charge in [-0.15, -0.1) is 11.3 Å². The second-order valence-corrected chi connectivity index (χ2v) is 10.5. The van der Waals surface area contributed by atoms with E-state index in [1.807, 2.05) is 0 Å². The highest BCUT2D eigenvalue weighted by Crippen LogP contribution is 2.36. The first kappa shape index (κ1) is 25.8. The zero-order chi connectivity index (χ0) is 25.9. The fourth-order valence-electron chi connectivity index (χ4n) is 3.52. The van der Waals surface area contributed by atoms with Gasteiger partial charge in [-0.05, 0) is 24.4 Å². The molecule has 14 heteroatoms. The number of nitrogens with zero attached hydrogens (tertiary/aromatic N) is 4. The lowest BCUT2D eigenvalue weighted by atomic mass is 10.1. The van der Waals surface area contributed by atoms with E-state index in [1.54, 1.807) is 22.4 Å². The van der Waals surface area contributed by atoms with E-state index < -0.39 is 14.9 Å². The molecule has 3 aromatic rings. The molecule has 4 rings (SSSR count). The maximum Gasteiger partial charge on any atom is 0.272 e. The van der Waals surface area contributed by atoms with Gasteiger partial charge in [-0.2, -0.15) is 4.31 Å². The number of nitro groups is 1. The average Bonchev–Trinajstić information content (AvgIpc) is 3.38. The highest BCUT2D eigenvalue weighted by Gasteiger charge is 2.35. The number of non-ortho nitro benzene ring substituents is 1. The highest BCUT2D eigenvalue weighted by atomic mass is 32.2. The summed E-state index contributed by atoms with van der Waals surface area (Å²) in [7, 11) is -1.37. The van der Waals surface area contributed by atoms with Crippen LogP contribution in [0.2, 0.25) is 0 Å². The fourth-order valence-corrected chi connectivity index (χ4v) is 6.58. The predicted molar refractivity (Wildman–Crippen MR) is 138 cm³/mol. The standard InChI is InChI=1S/C22H22N4O7S3/c1-31-19-7-6-17(13-20(19)32-2)36(29,30)25(22(34)24-8-10-33-11-9-24)21-23-18(14-35-21)15-4-3-5-16(12-15)26(27)28/h3-7,12-14H,8-11H2,1-2H3. The minimum atomic E-state index is -4.24. The molecule has 0 N–H and O–H groups in total. The van der Waals surface area contributed by atoms with Crippen LogP contribution in [0, 0.1) is 10.1 Å². The average molecular weight is 551 g/mol. The molecule has 0 radical (unpaired) electrons. The highest BCUT2D eigenvalue weighted by molar-refractivity contribution is 7.95. The van der Waals surface area contributed by atoms with Crippen molar-refractivity contribution in [3.63, 3.8) is 0 Å². The summed E-state index contributed by atoms with van der Waals surface area (Å²) >= 11 is 6.72. The number of aromatic nitrogens is 1. The summed E-state index contributed by atoms with van der Waals surface area (Å²) in [6.07, 6.45) is 0. The molecule has 1 aromatic heterocycles. The zero-order valence-electron chi connectivity index (χ0n) is 19.3. The summed E-state index contributed by atoms with van der Waals surface area (Å²) in [5, 5.41) is 13.0. The predicted octanol–water partition coefficient (Wildman–Crippen LogP) is 3.55. The number of hydrogen-bond acceptors (Lipinski definition) is 10. The van der Waals surface area contributed by atoms with E-state index in [9.17, 15) is 18.5 Å². The Bertz CT molecular complexity index is 1390. The normalized spacial score (nSPS) is 13.8. The summed E-state index contributed by atoms with van der Waals surface area (Å²) in [6, 6.07) is 10.2. The quantitative estimate of drug-likeness (QED) is 0.245. The van der Waals surface area contributed by atoms with Crippen molar-refractivity contribution < 1.29 is 27.6 Å². The van der Waals surface area contributed by atoms with Gasteiger partial charge in [0.1, 0.15) is 0 Å². The van der Waals surface area contributed by atoms with E-state index in [1.165, 1.54) is 44.6 Å². The summed E-state index contributed by atoms with van der Waals surface area (Å²) in [5.74, 6) is 0.619. The van der Waals surface area contributed by atoms with Gasteiger partial charge in [0.05, 0.1) is 42.9 Å². The van der Waals surface area contributed by atoms with Crippen LogP contribution in [-0.4, -0.2) is 68.9 Å². The number of thiocarbonyl (C=S) groups is 1. The molecule has 0 spiro atoms. The van der Waals surface area contributed by atoms with E-state index in [0.717, 1.165) is 15.6 Å². The van der Waals surface area contributed by atoms with Crippen LogP contribution < -0.4 is 13.8 Å². The molecule has 1 aliphatic rings. The zero-order valence-corrected chi connectivity index (χ0v) is 21.8. The van der Waals surface area contributed by atoms with Crippen molar-refractivity contribution in [3.05, 3.63) is 58.0 Å². The topological polar surface area (TPSA) is 124 Å². The Morgan fingerprint density at radius 3 is 2.56 bits per heavy atom. The molecule has 0 aliphatic carbocycles. The third-order valence-electron chi connectivity index (χ3n) is 5.37. The number of benzene rings is 2. The van der Waals surface area contributed by atoms with Crippen molar-refractivity contribution >= 4 is 49.5 Å². The SMILES string of the molecule is COc1ccc(S(=O)(=O)N(C(=S)N2CCOCC2)c2nc(-c3cccc([N+](=O)[O-])c3)cs2)cc1OC. The second-order valence-electron chi connectivity index (χ2n) is 7.49. The molecule has 1 saturated heterocycles. The summed E-state index contributed by atoms with van der Waals surface area (Å²) in [6.45, 7) is 1.64. The minimum absolute atomic E-state index is 0.0491. The molecule has 1 fully saturated rings. The Kier molecular flexibility index (Phi) is 7.68. The molecule has 2 aromatic carbocycles. The van der Waals surface area contributed by atoms with Crippen LogP contribution in [0.15, 0.2) is 52.7 Å². The lowest BCUT2D eigenvalue weighted by molar-refractivity contribution is -0.384. The third-order valence-corrected chi connectivity index (χ3v) is 8.54. The third kappa shape index (κ3) is 5.11. The van der Waals surface area contributed by atoms with Crippen LogP contribution in [0.5, 0.6) is 11.5 Å². The van der Waals surface area contributed by atoms with Gasteiger partial charge in [0.2, 0.25) is 5.13 Å². The Balaban J connectivity index is 1.79. The smallest absolute Gasteiger partial charge is 0.272 e. The first-order chi connectivity index (χ1) is 17.3. The Hall–Kier alpha value is -3.33. The van der Waals surface area contributed by atoms with E-state index in [2.05, 4.69) is 4.98 Å². The van der Waals surface area contributed by atoms with Crippen LogP contribution >= 0.6 is 23.6 Å². The number of sulfonamides is 1. The van der Waals surface area contributed by atoms with Crippen LogP contribution in [0.1, 0.15) is 0 Å². The van der Waals surface area contributed by atoms with Gasteiger partial charge < -0.3 is 19.1 Å². The number of anilines is 1. The number of hydrogen-bond donors (Lipinski definition) is 0. The van der Waals surface area contributed by atoms with E-state index in [-0.39, 0.29) is 26.6 Å². The summed E-state index contributed by atoms with van der Waals surface area (Å²) < 4.78 is 44.8. The number of nitro benzene ring substituents is 1. The van der Waals surface area contributed by atoms with E-state index >= 15 is 0 Å². The van der Waals surface area contributed by atoms with Gasteiger partial charge in [-0.1, -0.05) is 12.1 Å². The van der Waals surface area contributed by atoms with Gasteiger partial charge in [0, 0.05) is 42.2 Å². The van der Waals surface area contributed by atoms with E-state index in [0.29, 0.717) is 43.3 Å². The monoisotopic (exact) mass is 550 g/mol. The molecule has 0 amide bonds.